The van der Waals surface area contributed by atoms with Gasteiger partial charge in [0.15, 0.2) is 0 Å². The Morgan fingerprint density at radius 2 is 2.12 bits per heavy atom. The van der Waals surface area contributed by atoms with Gasteiger partial charge in [0.2, 0.25) is 5.91 Å². The Bertz CT molecular complexity index is 756. The molecule has 7 heteroatoms. The monoisotopic (exact) mass is 324 g/mol. The van der Waals surface area contributed by atoms with Gasteiger partial charge in [-0.25, -0.2) is 9.97 Å². The van der Waals surface area contributed by atoms with E-state index in [9.17, 15) is 4.79 Å². The molecule has 0 aromatic carbocycles. The van der Waals surface area contributed by atoms with E-state index in [4.69, 9.17) is 0 Å². The molecule has 1 N–H and O–H groups in total. The highest BCUT2D eigenvalue weighted by Crippen LogP contribution is 2.33. The molecule has 24 heavy (non-hydrogen) atoms. The van der Waals surface area contributed by atoms with Gasteiger partial charge in [0.1, 0.15) is 12.1 Å². The third-order valence-electron chi connectivity index (χ3n) is 4.52. The molecule has 0 spiro atoms. The molecule has 4 rings (SSSR count). The molecule has 0 unspecified atom stereocenters. The largest absolute Gasteiger partial charge is 0.364 e. The number of anilines is 1. The second-order valence-electron chi connectivity index (χ2n) is 6.43. The number of rotatable bonds is 4. The van der Waals surface area contributed by atoms with Crippen molar-refractivity contribution < 1.29 is 4.79 Å². The molecule has 1 aliphatic heterocycles. The fraction of sp³-hybridized carbons (Fsp3) is 0.471. The lowest BCUT2D eigenvalue weighted by atomic mass is 10.0. The lowest BCUT2D eigenvalue weighted by molar-refractivity contribution is -0.133. The molecule has 0 atom stereocenters. The minimum Gasteiger partial charge on any atom is -0.364 e. The van der Waals surface area contributed by atoms with Crippen molar-refractivity contribution >= 4 is 11.7 Å². The number of carbonyl (C=O) groups excluding carboxylic acids is 1. The van der Waals surface area contributed by atoms with Gasteiger partial charge in [-0.15, -0.1) is 0 Å². The van der Waals surface area contributed by atoms with Crippen molar-refractivity contribution in [3.63, 3.8) is 0 Å². The topological polar surface area (TPSA) is 83.9 Å². The lowest BCUT2D eigenvalue weighted by Crippen LogP contribution is -2.37. The molecule has 124 valence electrons. The molecular formula is C17H20N6O. The van der Waals surface area contributed by atoms with Gasteiger partial charge in [-0.05, 0) is 26.2 Å². The SMILES string of the molecule is Cc1cnc(CNc2ncnc3c2CCN(C(=O)C2CC2)C3)cn1. The van der Waals surface area contributed by atoms with E-state index in [2.05, 4.69) is 25.3 Å². The van der Waals surface area contributed by atoms with Gasteiger partial charge in [0.25, 0.3) is 0 Å². The smallest absolute Gasteiger partial charge is 0.226 e. The number of aryl methyl sites for hydroxylation is 1. The first-order chi connectivity index (χ1) is 11.7. The maximum atomic E-state index is 12.2. The second kappa shape index (κ2) is 6.14. The van der Waals surface area contributed by atoms with Gasteiger partial charge in [0, 0.05) is 24.2 Å². The van der Waals surface area contributed by atoms with Gasteiger partial charge < -0.3 is 10.2 Å². The number of hydrogen-bond donors (Lipinski definition) is 1. The molecule has 2 aromatic heterocycles. The summed E-state index contributed by atoms with van der Waals surface area (Å²) < 4.78 is 0. The number of amides is 1. The van der Waals surface area contributed by atoms with Crippen LogP contribution in [0.5, 0.6) is 0 Å². The van der Waals surface area contributed by atoms with Crippen LogP contribution in [0.15, 0.2) is 18.7 Å². The molecule has 1 saturated carbocycles. The van der Waals surface area contributed by atoms with Crippen LogP contribution >= 0.6 is 0 Å². The maximum Gasteiger partial charge on any atom is 0.226 e. The van der Waals surface area contributed by atoms with Crippen molar-refractivity contribution in [1.29, 1.82) is 0 Å². The van der Waals surface area contributed by atoms with Crippen molar-refractivity contribution in [2.24, 2.45) is 5.92 Å². The van der Waals surface area contributed by atoms with Crippen LogP contribution in [0.1, 0.15) is 35.5 Å². The van der Waals surface area contributed by atoms with E-state index in [0.29, 0.717) is 13.1 Å². The van der Waals surface area contributed by atoms with E-state index in [1.54, 1.807) is 18.7 Å². The Kier molecular flexibility index (Phi) is 3.84. The van der Waals surface area contributed by atoms with Crippen molar-refractivity contribution in [3.05, 3.63) is 41.4 Å². The summed E-state index contributed by atoms with van der Waals surface area (Å²) in [6.07, 6.45) is 7.95. The van der Waals surface area contributed by atoms with E-state index < -0.39 is 0 Å². The van der Waals surface area contributed by atoms with E-state index >= 15 is 0 Å². The first kappa shape index (κ1) is 15.0. The van der Waals surface area contributed by atoms with Gasteiger partial charge >= 0.3 is 0 Å². The van der Waals surface area contributed by atoms with Crippen molar-refractivity contribution in [2.45, 2.75) is 39.3 Å². The van der Waals surface area contributed by atoms with Crippen molar-refractivity contribution in [3.8, 4) is 0 Å². The van der Waals surface area contributed by atoms with Crippen LogP contribution in [0.3, 0.4) is 0 Å². The third-order valence-corrected chi connectivity index (χ3v) is 4.52. The third kappa shape index (κ3) is 3.06. The molecular weight excluding hydrogens is 304 g/mol. The first-order valence-electron chi connectivity index (χ1n) is 8.33. The van der Waals surface area contributed by atoms with Crippen LogP contribution < -0.4 is 5.32 Å². The Labute approximate surface area is 140 Å². The average Bonchev–Trinajstić information content (AvgIpc) is 3.45. The normalized spacial score (nSPS) is 16.6. The van der Waals surface area contributed by atoms with E-state index in [1.165, 1.54) is 0 Å². The predicted octanol–water partition coefficient (Wildman–Crippen LogP) is 1.48. The van der Waals surface area contributed by atoms with E-state index in [-0.39, 0.29) is 11.8 Å². The zero-order valence-electron chi connectivity index (χ0n) is 13.7. The van der Waals surface area contributed by atoms with E-state index in [1.807, 2.05) is 11.8 Å². The van der Waals surface area contributed by atoms with E-state index in [0.717, 1.165) is 54.3 Å². The van der Waals surface area contributed by atoms with Crippen molar-refractivity contribution in [1.82, 2.24) is 24.8 Å². The molecule has 0 saturated heterocycles. The van der Waals surface area contributed by atoms with Crippen LogP contribution in [0.2, 0.25) is 0 Å². The van der Waals surface area contributed by atoms with Gasteiger partial charge in [-0.2, -0.15) is 0 Å². The summed E-state index contributed by atoms with van der Waals surface area (Å²) in [6, 6.07) is 0. The molecule has 0 radical (unpaired) electrons. The number of nitrogens with zero attached hydrogens (tertiary/aromatic N) is 5. The second-order valence-corrected chi connectivity index (χ2v) is 6.43. The molecule has 1 fully saturated rings. The highest BCUT2D eigenvalue weighted by molar-refractivity contribution is 5.81. The summed E-state index contributed by atoms with van der Waals surface area (Å²) in [5.74, 6) is 1.37. The maximum absolute atomic E-state index is 12.2. The number of nitrogens with one attached hydrogen (secondary N) is 1. The van der Waals surface area contributed by atoms with Crippen LogP contribution in [-0.2, 0) is 24.3 Å². The number of hydrogen-bond acceptors (Lipinski definition) is 6. The molecule has 7 nitrogen and oxygen atoms in total. The number of aromatic nitrogens is 4. The molecule has 1 aliphatic carbocycles. The Hall–Kier alpha value is -2.57. The van der Waals surface area contributed by atoms with Crippen molar-refractivity contribution in [2.75, 3.05) is 11.9 Å². The fourth-order valence-electron chi connectivity index (χ4n) is 2.97. The summed E-state index contributed by atoms with van der Waals surface area (Å²) in [4.78, 5) is 31.5. The standard InChI is InChI=1S/C17H20N6O/c1-11-6-19-13(7-18-11)8-20-16-14-4-5-23(17(24)12-2-3-12)9-15(14)21-10-22-16/h6-7,10,12H,2-5,8-9H2,1H3,(H,20,21,22). The van der Waals surface area contributed by atoms with Gasteiger partial charge in [-0.3, -0.25) is 14.8 Å². The summed E-state index contributed by atoms with van der Waals surface area (Å²) in [5.41, 5.74) is 3.83. The van der Waals surface area contributed by atoms with Crippen LogP contribution in [0, 0.1) is 12.8 Å². The Morgan fingerprint density at radius 1 is 1.25 bits per heavy atom. The molecule has 3 heterocycles. The summed E-state index contributed by atoms with van der Waals surface area (Å²) >= 11 is 0. The zero-order chi connectivity index (χ0) is 16.5. The predicted molar refractivity (Wildman–Crippen MR) is 88.0 cm³/mol. The average molecular weight is 324 g/mol. The molecule has 2 aliphatic rings. The highest BCUT2D eigenvalue weighted by Gasteiger charge is 2.35. The van der Waals surface area contributed by atoms with Crippen LogP contribution in [0.4, 0.5) is 5.82 Å². The highest BCUT2D eigenvalue weighted by atomic mass is 16.2. The first-order valence-corrected chi connectivity index (χ1v) is 8.33. The van der Waals surface area contributed by atoms with Crippen LogP contribution in [-0.4, -0.2) is 37.3 Å². The van der Waals surface area contributed by atoms with Gasteiger partial charge in [-0.1, -0.05) is 0 Å². The number of carbonyl (C=O) groups is 1. The summed E-state index contributed by atoms with van der Waals surface area (Å²) in [7, 11) is 0. The van der Waals surface area contributed by atoms with Crippen LogP contribution in [0.25, 0.3) is 0 Å². The summed E-state index contributed by atoms with van der Waals surface area (Å²) in [6.45, 7) is 3.82. The Balaban J connectivity index is 1.46. The quantitative estimate of drug-likeness (QED) is 0.917. The Morgan fingerprint density at radius 3 is 2.88 bits per heavy atom. The zero-order valence-corrected chi connectivity index (χ0v) is 13.7. The minimum atomic E-state index is 0.256. The molecule has 2 aromatic rings. The fourth-order valence-corrected chi connectivity index (χ4v) is 2.97. The molecule has 1 amide bonds. The van der Waals surface area contributed by atoms with Gasteiger partial charge in [0.05, 0.1) is 36.4 Å². The number of fused-ring (bicyclic) bond motifs is 1. The lowest BCUT2D eigenvalue weighted by Gasteiger charge is -2.29. The minimum absolute atomic E-state index is 0.256. The summed E-state index contributed by atoms with van der Waals surface area (Å²) in [5, 5.41) is 3.33. The molecule has 0 bridgehead atoms.